The third-order valence-electron chi connectivity index (χ3n) is 4.25. The van der Waals surface area contributed by atoms with E-state index in [2.05, 4.69) is 24.4 Å². The molecule has 0 atom stereocenters. The van der Waals surface area contributed by atoms with Crippen LogP contribution >= 0.6 is 12.4 Å². The predicted octanol–water partition coefficient (Wildman–Crippen LogP) is 2.52. The molecule has 1 aromatic rings. The Morgan fingerprint density at radius 3 is 2.61 bits per heavy atom. The van der Waals surface area contributed by atoms with Gasteiger partial charge in [0.15, 0.2) is 0 Å². The fourth-order valence-electron chi connectivity index (χ4n) is 2.82. The van der Waals surface area contributed by atoms with Crippen LogP contribution in [0.3, 0.4) is 0 Å². The van der Waals surface area contributed by atoms with Gasteiger partial charge in [0.05, 0.1) is 6.61 Å². The van der Waals surface area contributed by atoms with Gasteiger partial charge in [-0.2, -0.15) is 0 Å². The summed E-state index contributed by atoms with van der Waals surface area (Å²) in [6, 6.07) is 10.2. The van der Waals surface area contributed by atoms with Crippen LogP contribution in [0, 0.1) is 5.92 Å². The topological polar surface area (TPSA) is 41.6 Å². The number of rotatable bonds is 8. The van der Waals surface area contributed by atoms with Crippen molar-refractivity contribution in [3.8, 4) is 0 Å². The SMILES string of the molecule is CCNCC1CCN(C(=O)COCCc2ccccc2)CC1.Cl. The Hall–Kier alpha value is -1.10. The first-order chi connectivity index (χ1) is 10.8. The van der Waals surface area contributed by atoms with Gasteiger partial charge in [0.1, 0.15) is 6.61 Å². The Labute approximate surface area is 146 Å². The zero-order valence-corrected chi connectivity index (χ0v) is 14.8. The molecule has 0 spiro atoms. The molecule has 5 heteroatoms. The fourth-order valence-corrected chi connectivity index (χ4v) is 2.82. The summed E-state index contributed by atoms with van der Waals surface area (Å²) in [5.74, 6) is 0.845. The van der Waals surface area contributed by atoms with Crippen molar-refractivity contribution in [2.24, 2.45) is 5.92 Å². The maximum atomic E-state index is 12.1. The lowest BCUT2D eigenvalue weighted by atomic mass is 9.97. The molecule has 0 radical (unpaired) electrons. The quantitative estimate of drug-likeness (QED) is 0.739. The van der Waals surface area contributed by atoms with E-state index >= 15 is 0 Å². The summed E-state index contributed by atoms with van der Waals surface area (Å²) in [7, 11) is 0. The minimum atomic E-state index is 0. The molecule has 130 valence electrons. The zero-order chi connectivity index (χ0) is 15.6. The Balaban J connectivity index is 0.00000264. The van der Waals surface area contributed by atoms with Gasteiger partial charge in [-0.1, -0.05) is 37.3 Å². The van der Waals surface area contributed by atoms with E-state index in [4.69, 9.17) is 4.74 Å². The van der Waals surface area contributed by atoms with E-state index in [1.165, 1.54) is 5.56 Å². The van der Waals surface area contributed by atoms with Crippen LogP contribution in [-0.4, -0.2) is 50.2 Å². The van der Waals surface area contributed by atoms with Crippen molar-refractivity contribution in [2.45, 2.75) is 26.2 Å². The predicted molar refractivity (Wildman–Crippen MR) is 96.1 cm³/mol. The average molecular weight is 341 g/mol. The van der Waals surface area contributed by atoms with Gasteiger partial charge in [-0.25, -0.2) is 0 Å². The van der Waals surface area contributed by atoms with Crippen LogP contribution in [-0.2, 0) is 16.0 Å². The molecule has 0 saturated carbocycles. The average Bonchev–Trinajstić information content (AvgIpc) is 2.58. The summed E-state index contributed by atoms with van der Waals surface area (Å²) >= 11 is 0. The molecule has 1 aliphatic heterocycles. The fraction of sp³-hybridized carbons (Fsp3) is 0.611. The summed E-state index contributed by atoms with van der Waals surface area (Å²) in [6.07, 6.45) is 3.06. The molecule has 1 aliphatic rings. The highest BCUT2D eigenvalue weighted by Gasteiger charge is 2.22. The van der Waals surface area contributed by atoms with Gasteiger partial charge in [-0.15, -0.1) is 12.4 Å². The molecule has 1 fully saturated rings. The van der Waals surface area contributed by atoms with Crippen molar-refractivity contribution in [3.63, 3.8) is 0 Å². The van der Waals surface area contributed by atoms with Crippen LogP contribution in [0.15, 0.2) is 30.3 Å². The van der Waals surface area contributed by atoms with Crippen LogP contribution in [0.1, 0.15) is 25.3 Å². The van der Waals surface area contributed by atoms with Crippen molar-refractivity contribution in [1.82, 2.24) is 10.2 Å². The van der Waals surface area contributed by atoms with Crippen molar-refractivity contribution in [3.05, 3.63) is 35.9 Å². The zero-order valence-electron chi connectivity index (χ0n) is 14.0. The largest absolute Gasteiger partial charge is 0.371 e. The molecular weight excluding hydrogens is 312 g/mol. The van der Waals surface area contributed by atoms with Gasteiger partial charge < -0.3 is 15.0 Å². The number of hydrogen-bond donors (Lipinski definition) is 1. The van der Waals surface area contributed by atoms with Crippen molar-refractivity contribution in [2.75, 3.05) is 39.4 Å². The second kappa shape index (κ2) is 11.4. The van der Waals surface area contributed by atoms with E-state index in [-0.39, 0.29) is 24.9 Å². The molecule has 0 unspecified atom stereocenters. The number of likely N-dealkylation sites (tertiary alicyclic amines) is 1. The number of carbonyl (C=O) groups excluding carboxylic acids is 1. The standard InChI is InChI=1S/C18H28N2O2.ClH/c1-2-19-14-17-8-11-20(12-9-17)18(21)15-22-13-10-16-6-4-3-5-7-16;/h3-7,17,19H,2,8-15H2,1H3;1H. The molecule has 0 aromatic heterocycles. The number of ether oxygens (including phenoxy) is 1. The highest BCUT2D eigenvalue weighted by atomic mass is 35.5. The Morgan fingerprint density at radius 2 is 1.96 bits per heavy atom. The molecule has 1 amide bonds. The van der Waals surface area contributed by atoms with Crippen molar-refractivity contribution >= 4 is 18.3 Å². The Bertz CT molecular complexity index is 434. The summed E-state index contributed by atoms with van der Waals surface area (Å²) in [4.78, 5) is 14.1. The van der Waals surface area contributed by atoms with E-state index in [1.807, 2.05) is 23.1 Å². The molecule has 1 N–H and O–H groups in total. The van der Waals surface area contributed by atoms with Crippen LogP contribution in [0.25, 0.3) is 0 Å². The summed E-state index contributed by atoms with van der Waals surface area (Å²) < 4.78 is 5.54. The minimum absolute atomic E-state index is 0. The highest BCUT2D eigenvalue weighted by Crippen LogP contribution is 2.16. The summed E-state index contributed by atoms with van der Waals surface area (Å²) in [5, 5.41) is 3.39. The maximum absolute atomic E-state index is 12.1. The molecule has 23 heavy (non-hydrogen) atoms. The van der Waals surface area contributed by atoms with Crippen molar-refractivity contribution in [1.29, 1.82) is 0 Å². The van der Waals surface area contributed by atoms with E-state index in [0.29, 0.717) is 12.5 Å². The molecule has 0 bridgehead atoms. The van der Waals surface area contributed by atoms with Crippen molar-refractivity contribution < 1.29 is 9.53 Å². The number of nitrogens with zero attached hydrogens (tertiary/aromatic N) is 1. The van der Waals surface area contributed by atoms with Gasteiger partial charge in [0.25, 0.3) is 0 Å². The van der Waals surface area contributed by atoms with Crippen LogP contribution in [0.5, 0.6) is 0 Å². The van der Waals surface area contributed by atoms with E-state index in [0.717, 1.165) is 45.4 Å². The molecule has 2 rings (SSSR count). The number of benzene rings is 1. The first-order valence-electron chi connectivity index (χ1n) is 8.39. The maximum Gasteiger partial charge on any atom is 0.248 e. The third kappa shape index (κ3) is 7.34. The lowest BCUT2D eigenvalue weighted by Crippen LogP contribution is -2.42. The van der Waals surface area contributed by atoms with Gasteiger partial charge in [-0.05, 0) is 43.8 Å². The molecule has 1 aromatic carbocycles. The minimum Gasteiger partial charge on any atom is -0.371 e. The highest BCUT2D eigenvalue weighted by molar-refractivity contribution is 5.85. The van der Waals surface area contributed by atoms with Gasteiger partial charge in [-0.3, -0.25) is 4.79 Å². The van der Waals surface area contributed by atoms with Crippen LogP contribution in [0.4, 0.5) is 0 Å². The first-order valence-corrected chi connectivity index (χ1v) is 8.39. The number of hydrogen-bond acceptors (Lipinski definition) is 3. The number of amides is 1. The van der Waals surface area contributed by atoms with E-state index < -0.39 is 0 Å². The normalized spacial score (nSPS) is 15.3. The Kier molecular flexibility index (Phi) is 9.92. The number of halogens is 1. The number of carbonyl (C=O) groups is 1. The number of nitrogens with one attached hydrogen (secondary N) is 1. The van der Waals surface area contributed by atoms with E-state index in [1.54, 1.807) is 0 Å². The Morgan fingerprint density at radius 1 is 1.26 bits per heavy atom. The number of piperidine rings is 1. The summed E-state index contributed by atoms with van der Waals surface area (Å²) in [5.41, 5.74) is 1.25. The molecule has 1 heterocycles. The molecule has 1 saturated heterocycles. The second-order valence-corrected chi connectivity index (χ2v) is 5.92. The monoisotopic (exact) mass is 340 g/mol. The third-order valence-corrected chi connectivity index (χ3v) is 4.25. The first kappa shape index (κ1) is 19.9. The lowest BCUT2D eigenvalue weighted by molar-refractivity contribution is -0.137. The van der Waals surface area contributed by atoms with Gasteiger partial charge in [0.2, 0.25) is 5.91 Å². The summed E-state index contributed by atoms with van der Waals surface area (Å²) in [6.45, 7) is 6.79. The lowest BCUT2D eigenvalue weighted by Gasteiger charge is -2.32. The smallest absolute Gasteiger partial charge is 0.248 e. The second-order valence-electron chi connectivity index (χ2n) is 5.92. The van der Waals surface area contributed by atoms with Gasteiger partial charge in [0, 0.05) is 13.1 Å². The van der Waals surface area contributed by atoms with E-state index in [9.17, 15) is 4.79 Å². The van der Waals surface area contributed by atoms with Gasteiger partial charge >= 0.3 is 0 Å². The molecule has 4 nitrogen and oxygen atoms in total. The van der Waals surface area contributed by atoms with Crippen LogP contribution in [0.2, 0.25) is 0 Å². The van der Waals surface area contributed by atoms with Crippen LogP contribution < -0.4 is 5.32 Å². The molecule has 0 aliphatic carbocycles. The molecular formula is C18H29ClN2O2.